The standard InChI is InChI=1S/C19H23N3O5S/c1-4-22(5-2)28(25,26)17-12-16(7-6-14(17)3)21-18(23)13-27-19(24)15-8-10-20-11-9-15/h6-12H,4-5,13H2,1-3H3,(H,21,23). The highest BCUT2D eigenvalue weighted by Gasteiger charge is 2.24. The summed E-state index contributed by atoms with van der Waals surface area (Å²) in [5.41, 5.74) is 1.17. The maximum absolute atomic E-state index is 12.8. The van der Waals surface area contributed by atoms with E-state index in [0.29, 0.717) is 24.3 Å². The van der Waals surface area contributed by atoms with Crippen molar-refractivity contribution < 1.29 is 22.7 Å². The Morgan fingerprint density at radius 3 is 2.36 bits per heavy atom. The molecule has 0 aliphatic carbocycles. The number of hydrogen-bond donors (Lipinski definition) is 1. The van der Waals surface area contributed by atoms with Gasteiger partial charge in [-0.3, -0.25) is 9.78 Å². The van der Waals surface area contributed by atoms with E-state index < -0.39 is 28.5 Å². The van der Waals surface area contributed by atoms with Crippen molar-refractivity contribution in [2.75, 3.05) is 25.0 Å². The molecule has 2 rings (SSSR count). The molecule has 0 fully saturated rings. The van der Waals surface area contributed by atoms with Gasteiger partial charge >= 0.3 is 5.97 Å². The van der Waals surface area contributed by atoms with Crippen LogP contribution in [-0.4, -0.2) is 49.3 Å². The number of esters is 1. The molecule has 1 heterocycles. The average molecular weight is 405 g/mol. The number of pyridine rings is 1. The van der Waals surface area contributed by atoms with Gasteiger partial charge in [-0.15, -0.1) is 0 Å². The minimum Gasteiger partial charge on any atom is -0.452 e. The highest BCUT2D eigenvalue weighted by molar-refractivity contribution is 7.89. The Morgan fingerprint density at radius 2 is 1.75 bits per heavy atom. The van der Waals surface area contributed by atoms with Gasteiger partial charge in [0.1, 0.15) is 0 Å². The summed E-state index contributed by atoms with van der Waals surface area (Å²) in [7, 11) is -3.66. The maximum atomic E-state index is 12.8. The Hall–Kier alpha value is -2.78. The monoisotopic (exact) mass is 405 g/mol. The summed E-state index contributed by atoms with van der Waals surface area (Å²) >= 11 is 0. The highest BCUT2D eigenvalue weighted by Crippen LogP contribution is 2.23. The van der Waals surface area contributed by atoms with E-state index in [1.807, 2.05) is 0 Å². The summed E-state index contributed by atoms with van der Waals surface area (Å²) in [5, 5.41) is 2.55. The van der Waals surface area contributed by atoms with Gasteiger partial charge in [-0.05, 0) is 36.8 Å². The fraction of sp³-hybridized carbons (Fsp3) is 0.316. The van der Waals surface area contributed by atoms with Gasteiger partial charge in [0.05, 0.1) is 10.5 Å². The number of carbonyl (C=O) groups excluding carboxylic acids is 2. The summed E-state index contributed by atoms with van der Waals surface area (Å²) in [6.07, 6.45) is 2.89. The number of amides is 1. The maximum Gasteiger partial charge on any atom is 0.338 e. The SMILES string of the molecule is CCN(CC)S(=O)(=O)c1cc(NC(=O)COC(=O)c2ccncc2)ccc1C. The molecule has 150 valence electrons. The zero-order valence-electron chi connectivity index (χ0n) is 16.0. The Kier molecular flexibility index (Phi) is 7.24. The fourth-order valence-electron chi connectivity index (χ4n) is 2.56. The van der Waals surface area contributed by atoms with Gasteiger partial charge in [-0.25, -0.2) is 13.2 Å². The van der Waals surface area contributed by atoms with Crippen molar-refractivity contribution in [1.29, 1.82) is 0 Å². The molecule has 0 spiro atoms. The van der Waals surface area contributed by atoms with Gasteiger partial charge < -0.3 is 10.1 Å². The molecular weight excluding hydrogens is 382 g/mol. The van der Waals surface area contributed by atoms with Crippen LogP contribution in [0.2, 0.25) is 0 Å². The molecule has 9 heteroatoms. The lowest BCUT2D eigenvalue weighted by Gasteiger charge is -2.20. The van der Waals surface area contributed by atoms with Crippen LogP contribution in [-0.2, 0) is 19.6 Å². The molecule has 8 nitrogen and oxygen atoms in total. The number of rotatable bonds is 8. The molecule has 0 unspecified atom stereocenters. The number of ether oxygens (including phenoxy) is 1. The number of anilines is 1. The zero-order chi connectivity index (χ0) is 20.7. The molecule has 1 aromatic heterocycles. The second-order valence-corrected chi connectivity index (χ2v) is 7.84. The minimum absolute atomic E-state index is 0.128. The topological polar surface area (TPSA) is 106 Å². The minimum atomic E-state index is -3.66. The first-order valence-corrected chi connectivity index (χ1v) is 10.2. The molecule has 0 bridgehead atoms. The summed E-state index contributed by atoms with van der Waals surface area (Å²) < 4.78 is 31.8. The van der Waals surface area contributed by atoms with Gasteiger partial charge in [0, 0.05) is 31.2 Å². The third kappa shape index (κ3) is 5.14. The van der Waals surface area contributed by atoms with Crippen LogP contribution in [0.5, 0.6) is 0 Å². The Morgan fingerprint density at radius 1 is 1.11 bits per heavy atom. The molecule has 0 saturated carbocycles. The first-order chi connectivity index (χ1) is 13.3. The molecule has 0 aliphatic rings. The second-order valence-electron chi connectivity index (χ2n) is 5.93. The van der Waals surface area contributed by atoms with Crippen LogP contribution in [0, 0.1) is 6.92 Å². The third-order valence-electron chi connectivity index (χ3n) is 4.05. The van der Waals surface area contributed by atoms with Crippen molar-refractivity contribution in [2.45, 2.75) is 25.7 Å². The van der Waals surface area contributed by atoms with E-state index in [1.54, 1.807) is 32.9 Å². The lowest BCUT2D eigenvalue weighted by Crippen LogP contribution is -2.31. The number of hydrogen-bond acceptors (Lipinski definition) is 6. The number of aryl methyl sites for hydroxylation is 1. The van der Waals surface area contributed by atoms with Crippen LogP contribution in [0.25, 0.3) is 0 Å². The van der Waals surface area contributed by atoms with Crippen LogP contribution < -0.4 is 5.32 Å². The molecule has 1 aromatic carbocycles. The Labute approximate surface area is 164 Å². The van der Waals surface area contributed by atoms with Crippen LogP contribution in [0.15, 0.2) is 47.6 Å². The second kappa shape index (κ2) is 9.43. The molecule has 0 aliphatic heterocycles. The highest BCUT2D eigenvalue weighted by atomic mass is 32.2. The number of nitrogens with one attached hydrogen (secondary N) is 1. The zero-order valence-corrected chi connectivity index (χ0v) is 16.8. The molecular formula is C19H23N3O5S. The van der Waals surface area contributed by atoms with E-state index in [-0.39, 0.29) is 10.5 Å². The molecule has 2 aromatic rings. The molecule has 0 saturated heterocycles. The number of nitrogens with zero attached hydrogens (tertiary/aromatic N) is 2. The number of benzene rings is 1. The Balaban J connectivity index is 2.08. The van der Waals surface area contributed by atoms with Gasteiger partial charge in [0.25, 0.3) is 5.91 Å². The quantitative estimate of drug-likeness (QED) is 0.675. The lowest BCUT2D eigenvalue weighted by molar-refractivity contribution is -0.119. The first-order valence-electron chi connectivity index (χ1n) is 8.77. The van der Waals surface area contributed by atoms with E-state index in [1.165, 1.54) is 34.9 Å². The van der Waals surface area contributed by atoms with E-state index in [0.717, 1.165) is 0 Å². The molecule has 1 amide bonds. The average Bonchev–Trinajstić information content (AvgIpc) is 2.69. The third-order valence-corrected chi connectivity index (χ3v) is 6.24. The van der Waals surface area contributed by atoms with Crippen molar-refractivity contribution in [3.05, 3.63) is 53.9 Å². The number of sulfonamides is 1. The molecule has 0 atom stereocenters. The summed E-state index contributed by atoms with van der Waals surface area (Å²) in [4.78, 5) is 27.9. The van der Waals surface area contributed by atoms with E-state index in [2.05, 4.69) is 10.3 Å². The van der Waals surface area contributed by atoms with Crippen molar-refractivity contribution in [3.63, 3.8) is 0 Å². The van der Waals surface area contributed by atoms with Crippen LogP contribution in [0.3, 0.4) is 0 Å². The lowest BCUT2D eigenvalue weighted by atomic mass is 10.2. The summed E-state index contributed by atoms with van der Waals surface area (Å²) in [5.74, 6) is -1.22. The van der Waals surface area contributed by atoms with Gasteiger partial charge in [-0.1, -0.05) is 19.9 Å². The van der Waals surface area contributed by atoms with E-state index in [4.69, 9.17) is 4.74 Å². The molecule has 1 N–H and O–H groups in total. The number of aromatic nitrogens is 1. The van der Waals surface area contributed by atoms with Crippen LogP contribution >= 0.6 is 0 Å². The largest absolute Gasteiger partial charge is 0.452 e. The molecule has 28 heavy (non-hydrogen) atoms. The van der Waals surface area contributed by atoms with Crippen LogP contribution in [0.1, 0.15) is 29.8 Å². The van der Waals surface area contributed by atoms with Crippen molar-refractivity contribution >= 4 is 27.6 Å². The predicted molar refractivity (Wildman–Crippen MR) is 104 cm³/mol. The van der Waals surface area contributed by atoms with Gasteiger partial charge in [0.2, 0.25) is 10.0 Å². The predicted octanol–water partition coefficient (Wildman–Crippen LogP) is 2.22. The smallest absolute Gasteiger partial charge is 0.338 e. The first kappa shape index (κ1) is 21.5. The van der Waals surface area contributed by atoms with Crippen LogP contribution in [0.4, 0.5) is 5.69 Å². The van der Waals surface area contributed by atoms with Crippen molar-refractivity contribution in [3.8, 4) is 0 Å². The van der Waals surface area contributed by atoms with Gasteiger partial charge in [0.15, 0.2) is 6.61 Å². The van der Waals surface area contributed by atoms with Crippen molar-refractivity contribution in [1.82, 2.24) is 9.29 Å². The van der Waals surface area contributed by atoms with Gasteiger partial charge in [-0.2, -0.15) is 4.31 Å². The summed E-state index contributed by atoms with van der Waals surface area (Å²) in [6, 6.07) is 7.58. The molecule has 0 radical (unpaired) electrons. The summed E-state index contributed by atoms with van der Waals surface area (Å²) in [6.45, 7) is 5.42. The fourth-order valence-corrected chi connectivity index (χ4v) is 4.27. The Bertz CT molecular complexity index is 941. The van der Waals surface area contributed by atoms with E-state index >= 15 is 0 Å². The van der Waals surface area contributed by atoms with Crippen molar-refractivity contribution in [2.24, 2.45) is 0 Å². The normalized spacial score (nSPS) is 11.3. The number of carbonyl (C=O) groups is 2. The van der Waals surface area contributed by atoms with E-state index in [9.17, 15) is 18.0 Å².